The Balaban J connectivity index is 2.60. The summed E-state index contributed by atoms with van der Waals surface area (Å²) in [6.07, 6.45) is 6.19. The Hall–Kier alpha value is -0.520. The summed E-state index contributed by atoms with van der Waals surface area (Å²) in [5, 5.41) is 0. The van der Waals surface area contributed by atoms with Crippen LogP contribution in [0.4, 0.5) is 0 Å². The lowest BCUT2D eigenvalue weighted by molar-refractivity contribution is 0.513. The summed E-state index contributed by atoms with van der Waals surface area (Å²) in [5.41, 5.74) is 2.74. The van der Waals surface area contributed by atoms with Gasteiger partial charge in [-0.15, -0.1) is 0 Å². The molecule has 56 valence electrons. The van der Waals surface area contributed by atoms with Crippen LogP contribution in [0.25, 0.3) is 0 Å². The van der Waals surface area contributed by atoms with E-state index in [9.17, 15) is 0 Å². The highest BCUT2D eigenvalue weighted by Crippen LogP contribution is 2.26. The summed E-state index contributed by atoms with van der Waals surface area (Å²) in [5.74, 6) is 0.872. The normalized spacial score (nSPS) is 25.8. The van der Waals surface area contributed by atoms with Gasteiger partial charge in [0.25, 0.3) is 0 Å². The molecule has 0 aromatic heterocycles. The Bertz CT molecular complexity index is 163. The van der Waals surface area contributed by atoms with Crippen LogP contribution in [0.2, 0.25) is 0 Å². The molecule has 1 unspecified atom stereocenters. The zero-order chi connectivity index (χ0) is 7.56. The quantitative estimate of drug-likeness (QED) is 0.518. The average Bonchev–Trinajstić information content (AvgIpc) is 1.88. The monoisotopic (exact) mass is 136 g/mol. The summed E-state index contributed by atoms with van der Waals surface area (Å²) >= 11 is 0. The smallest absolute Gasteiger partial charge is 0.0254 e. The van der Waals surface area contributed by atoms with Crippen molar-refractivity contribution < 1.29 is 0 Å². The van der Waals surface area contributed by atoms with Crippen molar-refractivity contribution in [1.82, 2.24) is 0 Å². The van der Waals surface area contributed by atoms with Crippen molar-refractivity contribution in [3.8, 4) is 0 Å². The van der Waals surface area contributed by atoms with E-state index < -0.39 is 0 Å². The molecule has 0 bridgehead atoms. The molecular weight excluding hydrogens is 120 g/mol. The predicted molar refractivity (Wildman–Crippen MR) is 45.9 cm³/mol. The van der Waals surface area contributed by atoms with Crippen molar-refractivity contribution >= 4 is 0 Å². The van der Waals surface area contributed by atoms with Gasteiger partial charge in [-0.1, -0.05) is 25.2 Å². The van der Waals surface area contributed by atoms with Crippen LogP contribution < -0.4 is 0 Å². The van der Waals surface area contributed by atoms with Crippen LogP contribution in [0.1, 0.15) is 33.1 Å². The van der Waals surface area contributed by atoms with Crippen LogP contribution in [0.3, 0.4) is 0 Å². The Labute approximate surface area is 63.6 Å². The van der Waals surface area contributed by atoms with E-state index in [1.54, 1.807) is 0 Å². The maximum atomic E-state index is 3.94. The van der Waals surface area contributed by atoms with Crippen molar-refractivity contribution in [2.45, 2.75) is 33.1 Å². The second-order valence-electron chi connectivity index (χ2n) is 3.40. The molecule has 1 atom stereocenters. The van der Waals surface area contributed by atoms with E-state index in [-0.39, 0.29) is 0 Å². The van der Waals surface area contributed by atoms with Crippen LogP contribution in [0, 0.1) is 5.92 Å². The van der Waals surface area contributed by atoms with Crippen LogP contribution >= 0.6 is 0 Å². The maximum Gasteiger partial charge on any atom is -0.0254 e. The Morgan fingerprint density at radius 3 is 2.80 bits per heavy atom. The van der Waals surface area contributed by atoms with Gasteiger partial charge in [0.2, 0.25) is 0 Å². The van der Waals surface area contributed by atoms with Crippen LogP contribution in [0.15, 0.2) is 23.8 Å². The highest BCUT2D eigenvalue weighted by molar-refractivity contribution is 5.27. The molecule has 0 radical (unpaired) electrons. The van der Waals surface area contributed by atoms with Crippen molar-refractivity contribution in [1.29, 1.82) is 0 Å². The van der Waals surface area contributed by atoms with Gasteiger partial charge in [-0.2, -0.15) is 0 Å². The number of hydrogen-bond donors (Lipinski definition) is 0. The van der Waals surface area contributed by atoms with Crippen molar-refractivity contribution in [2.24, 2.45) is 5.92 Å². The molecule has 0 aliphatic heterocycles. The Morgan fingerprint density at radius 2 is 2.40 bits per heavy atom. The van der Waals surface area contributed by atoms with Gasteiger partial charge >= 0.3 is 0 Å². The van der Waals surface area contributed by atoms with Crippen molar-refractivity contribution in [3.05, 3.63) is 23.8 Å². The molecule has 0 heteroatoms. The molecule has 1 rings (SSSR count). The summed E-state index contributed by atoms with van der Waals surface area (Å²) < 4.78 is 0. The molecule has 0 aromatic carbocycles. The van der Waals surface area contributed by atoms with Gasteiger partial charge in [-0.3, -0.25) is 0 Å². The van der Waals surface area contributed by atoms with E-state index in [2.05, 4.69) is 26.5 Å². The topological polar surface area (TPSA) is 0 Å². The van der Waals surface area contributed by atoms with Gasteiger partial charge < -0.3 is 0 Å². The lowest BCUT2D eigenvalue weighted by atomic mass is 9.88. The number of allylic oxidation sites excluding steroid dienone is 3. The number of hydrogen-bond acceptors (Lipinski definition) is 0. The molecular formula is C10H16. The van der Waals surface area contributed by atoms with Crippen molar-refractivity contribution in [2.75, 3.05) is 0 Å². The first-order valence-corrected chi connectivity index (χ1v) is 4.05. The second kappa shape index (κ2) is 3.05. The fourth-order valence-electron chi connectivity index (χ4n) is 1.45. The minimum absolute atomic E-state index is 0.872. The SMILES string of the molecule is C=C(C)C1=CCCC(C)C1. The van der Waals surface area contributed by atoms with Gasteiger partial charge in [0.15, 0.2) is 0 Å². The molecule has 0 fully saturated rings. The molecule has 0 amide bonds. The van der Waals surface area contributed by atoms with Crippen molar-refractivity contribution in [3.63, 3.8) is 0 Å². The zero-order valence-electron chi connectivity index (χ0n) is 6.98. The standard InChI is InChI=1S/C10H16/c1-8(2)10-6-4-5-9(3)7-10/h6,9H,1,4-5,7H2,2-3H3. The molecule has 0 spiro atoms. The highest BCUT2D eigenvalue weighted by Gasteiger charge is 2.10. The summed E-state index contributed by atoms with van der Waals surface area (Å²) in [7, 11) is 0. The highest BCUT2D eigenvalue weighted by atomic mass is 14.2. The lowest BCUT2D eigenvalue weighted by Gasteiger charge is -2.18. The molecule has 10 heavy (non-hydrogen) atoms. The molecule has 0 N–H and O–H groups in total. The summed E-state index contributed by atoms with van der Waals surface area (Å²) in [4.78, 5) is 0. The van der Waals surface area contributed by atoms with Crippen LogP contribution in [-0.4, -0.2) is 0 Å². The van der Waals surface area contributed by atoms with Crippen LogP contribution in [-0.2, 0) is 0 Å². The van der Waals surface area contributed by atoms with Gasteiger partial charge in [-0.05, 0) is 37.7 Å². The van der Waals surface area contributed by atoms with Gasteiger partial charge in [0, 0.05) is 0 Å². The second-order valence-corrected chi connectivity index (χ2v) is 3.40. The third kappa shape index (κ3) is 1.73. The van der Waals surface area contributed by atoms with E-state index in [1.807, 2.05) is 0 Å². The lowest BCUT2D eigenvalue weighted by Crippen LogP contribution is -2.02. The third-order valence-corrected chi connectivity index (χ3v) is 2.17. The Morgan fingerprint density at radius 1 is 1.70 bits per heavy atom. The van der Waals surface area contributed by atoms with Gasteiger partial charge in [0.1, 0.15) is 0 Å². The Kier molecular flexibility index (Phi) is 2.31. The number of rotatable bonds is 1. The fourth-order valence-corrected chi connectivity index (χ4v) is 1.45. The minimum atomic E-state index is 0.872. The fraction of sp³-hybridized carbons (Fsp3) is 0.600. The first kappa shape index (κ1) is 7.59. The van der Waals surface area contributed by atoms with E-state index in [0.717, 1.165) is 5.92 Å². The van der Waals surface area contributed by atoms with E-state index >= 15 is 0 Å². The van der Waals surface area contributed by atoms with Gasteiger partial charge in [-0.25, -0.2) is 0 Å². The molecule has 0 aromatic rings. The van der Waals surface area contributed by atoms with Gasteiger partial charge in [0.05, 0.1) is 0 Å². The van der Waals surface area contributed by atoms with E-state index in [4.69, 9.17) is 0 Å². The molecule has 1 aliphatic rings. The van der Waals surface area contributed by atoms with E-state index in [1.165, 1.54) is 30.4 Å². The summed E-state index contributed by atoms with van der Waals surface area (Å²) in [6.45, 7) is 8.36. The van der Waals surface area contributed by atoms with E-state index in [0.29, 0.717) is 0 Å². The summed E-state index contributed by atoms with van der Waals surface area (Å²) in [6, 6.07) is 0. The largest absolute Gasteiger partial charge is 0.0958 e. The third-order valence-electron chi connectivity index (χ3n) is 2.17. The molecule has 0 heterocycles. The molecule has 0 saturated carbocycles. The predicted octanol–water partition coefficient (Wildman–Crippen LogP) is 3.31. The zero-order valence-corrected chi connectivity index (χ0v) is 6.98. The minimum Gasteiger partial charge on any atom is -0.0958 e. The first-order chi connectivity index (χ1) is 4.70. The maximum absolute atomic E-state index is 3.94. The van der Waals surface area contributed by atoms with Crippen LogP contribution in [0.5, 0.6) is 0 Å². The molecule has 0 saturated heterocycles. The average molecular weight is 136 g/mol. The first-order valence-electron chi connectivity index (χ1n) is 4.05. The molecule has 1 aliphatic carbocycles. The molecule has 0 nitrogen and oxygen atoms in total.